The van der Waals surface area contributed by atoms with Crippen LogP contribution in [-0.4, -0.2) is 30.9 Å². The lowest BCUT2D eigenvalue weighted by atomic mass is 10.1. The molecule has 0 aromatic heterocycles. The smallest absolute Gasteiger partial charge is 0.243 e. The number of benzene rings is 1. The van der Waals surface area contributed by atoms with Gasteiger partial charge in [0.25, 0.3) is 0 Å². The highest BCUT2D eigenvalue weighted by molar-refractivity contribution is 7.89. The summed E-state index contributed by atoms with van der Waals surface area (Å²) in [4.78, 5) is -0.0947. The number of sulfonamides is 1. The van der Waals surface area contributed by atoms with Crippen LogP contribution in [0.3, 0.4) is 0 Å². The van der Waals surface area contributed by atoms with Gasteiger partial charge in [-0.05, 0) is 38.5 Å². The Morgan fingerprint density at radius 3 is 2.39 bits per heavy atom. The Morgan fingerprint density at radius 1 is 1.39 bits per heavy atom. The average molecular weight is 275 g/mol. The van der Waals surface area contributed by atoms with Gasteiger partial charge in [0.2, 0.25) is 10.0 Å². The van der Waals surface area contributed by atoms with Crippen LogP contribution in [0.15, 0.2) is 17.0 Å². The zero-order valence-electron chi connectivity index (χ0n) is 10.9. The molecule has 1 aromatic rings. The minimum atomic E-state index is -3.74. The molecule has 0 heterocycles. The fraction of sp³-hybridized carbons (Fsp3) is 0.500. The van der Waals surface area contributed by atoms with Crippen LogP contribution < -0.4 is 0 Å². The monoisotopic (exact) mass is 275 g/mol. The first-order valence-corrected chi connectivity index (χ1v) is 7.03. The molecule has 0 aliphatic carbocycles. The average Bonchev–Trinajstić information content (AvgIpc) is 2.30. The van der Waals surface area contributed by atoms with E-state index >= 15 is 0 Å². The molecule has 0 radical (unpaired) electrons. The lowest BCUT2D eigenvalue weighted by Crippen LogP contribution is -2.33. The molecule has 0 atom stereocenters. The lowest BCUT2D eigenvalue weighted by Gasteiger charge is -2.22. The van der Waals surface area contributed by atoms with Gasteiger partial charge in [-0.1, -0.05) is 0 Å². The summed E-state index contributed by atoms with van der Waals surface area (Å²) in [5, 5.41) is 9.02. The van der Waals surface area contributed by atoms with Crippen LogP contribution in [0.4, 0.5) is 4.39 Å². The van der Waals surface area contributed by atoms with Gasteiger partial charge < -0.3 is 5.11 Å². The van der Waals surface area contributed by atoms with Gasteiger partial charge in [-0.25, -0.2) is 12.8 Å². The number of aliphatic hydroxyl groups excluding tert-OH is 1. The van der Waals surface area contributed by atoms with Crippen LogP contribution in [0.5, 0.6) is 0 Å². The van der Waals surface area contributed by atoms with Gasteiger partial charge in [-0.2, -0.15) is 4.31 Å². The summed E-state index contributed by atoms with van der Waals surface area (Å²) >= 11 is 0. The van der Waals surface area contributed by atoms with Crippen LogP contribution in [-0.2, 0) is 16.6 Å². The molecule has 0 unspecified atom stereocenters. The van der Waals surface area contributed by atoms with Crippen LogP contribution in [0.1, 0.15) is 25.0 Å². The Bertz CT molecular complexity index is 540. The summed E-state index contributed by atoms with van der Waals surface area (Å²) in [7, 11) is -2.29. The Labute approximate surface area is 107 Å². The van der Waals surface area contributed by atoms with Crippen molar-refractivity contribution in [2.45, 2.75) is 38.3 Å². The first-order chi connectivity index (χ1) is 8.21. The summed E-state index contributed by atoms with van der Waals surface area (Å²) in [5.74, 6) is -0.628. The first-order valence-electron chi connectivity index (χ1n) is 5.59. The topological polar surface area (TPSA) is 57.6 Å². The number of nitrogens with zero attached hydrogens (tertiary/aromatic N) is 1. The molecule has 0 saturated heterocycles. The maximum absolute atomic E-state index is 13.6. The second-order valence-electron chi connectivity index (χ2n) is 4.47. The summed E-state index contributed by atoms with van der Waals surface area (Å²) in [6.45, 7) is 4.49. The van der Waals surface area contributed by atoms with E-state index in [4.69, 9.17) is 5.11 Å². The highest BCUT2D eigenvalue weighted by atomic mass is 32.2. The molecule has 18 heavy (non-hydrogen) atoms. The number of rotatable bonds is 4. The summed E-state index contributed by atoms with van der Waals surface area (Å²) < 4.78 is 39.4. The SMILES string of the molecule is Cc1c(F)cc(CO)cc1S(=O)(=O)N(C)C(C)C. The van der Waals surface area contributed by atoms with Gasteiger partial charge in [0, 0.05) is 18.7 Å². The molecule has 1 rings (SSSR count). The third-order valence-corrected chi connectivity index (χ3v) is 5.08. The molecule has 4 nitrogen and oxygen atoms in total. The predicted molar refractivity (Wildman–Crippen MR) is 67.1 cm³/mol. The molecule has 0 spiro atoms. The molecular weight excluding hydrogens is 257 g/mol. The van der Waals surface area contributed by atoms with Crippen LogP contribution in [0.2, 0.25) is 0 Å². The van der Waals surface area contributed by atoms with E-state index in [9.17, 15) is 12.8 Å². The standard InChI is InChI=1S/C12H18FNO3S/c1-8(2)14(4)18(16,17)12-6-10(7-15)5-11(13)9(12)3/h5-6,8,15H,7H2,1-4H3. The van der Waals surface area contributed by atoms with Crippen molar-refractivity contribution in [2.75, 3.05) is 7.05 Å². The first kappa shape index (κ1) is 15.1. The van der Waals surface area contributed by atoms with Crippen molar-refractivity contribution in [2.24, 2.45) is 0 Å². The summed E-state index contributed by atoms with van der Waals surface area (Å²) in [6, 6.07) is 2.23. The maximum atomic E-state index is 13.6. The van der Waals surface area contributed by atoms with Crippen molar-refractivity contribution in [3.8, 4) is 0 Å². The molecule has 0 aliphatic heterocycles. The number of hydrogen-bond acceptors (Lipinski definition) is 3. The zero-order valence-corrected chi connectivity index (χ0v) is 11.8. The minimum absolute atomic E-state index is 0.0692. The number of hydrogen-bond donors (Lipinski definition) is 1. The van der Waals surface area contributed by atoms with Crippen molar-refractivity contribution in [1.29, 1.82) is 0 Å². The quantitative estimate of drug-likeness (QED) is 0.909. The summed E-state index contributed by atoms with van der Waals surface area (Å²) in [5.41, 5.74) is 0.313. The van der Waals surface area contributed by atoms with E-state index in [1.165, 1.54) is 24.3 Å². The molecular formula is C12H18FNO3S. The van der Waals surface area contributed by atoms with Crippen LogP contribution in [0.25, 0.3) is 0 Å². The van der Waals surface area contributed by atoms with Gasteiger partial charge in [0.1, 0.15) is 5.82 Å². The number of aliphatic hydroxyl groups is 1. The van der Waals surface area contributed by atoms with Crippen molar-refractivity contribution in [3.63, 3.8) is 0 Å². The molecule has 0 fully saturated rings. The molecule has 0 aliphatic rings. The molecule has 0 bridgehead atoms. The van der Waals surface area contributed by atoms with Gasteiger partial charge in [0.15, 0.2) is 0 Å². The second kappa shape index (κ2) is 5.34. The Kier molecular flexibility index (Phi) is 4.47. The molecule has 102 valence electrons. The fourth-order valence-electron chi connectivity index (χ4n) is 1.50. The molecule has 1 aromatic carbocycles. The normalized spacial score (nSPS) is 12.4. The van der Waals surface area contributed by atoms with Gasteiger partial charge in [0.05, 0.1) is 11.5 Å². The van der Waals surface area contributed by atoms with Gasteiger partial charge in [-0.15, -0.1) is 0 Å². The van der Waals surface area contributed by atoms with Crippen molar-refractivity contribution in [1.82, 2.24) is 4.31 Å². The van der Waals surface area contributed by atoms with E-state index < -0.39 is 22.4 Å². The third-order valence-electron chi connectivity index (χ3n) is 2.92. The Hall–Kier alpha value is -0.980. The summed E-state index contributed by atoms with van der Waals surface area (Å²) in [6.07, 6.45) is 0. The van der Waals surface area contributed by atoms with E-state index in [0.717, 1.165) is 6.07 Å². The number of halogens is 1. The predicted octanol–water partition coefficient (Wildman–Crippen LogP) is 1.66. The van der Waals surface area contributed by atoms with E-state index in [0.29, 0.717) is 0 Å². The Balaban J connectivity index is 3.45. The molecule has 6 heteroatoms. The fourth-order valence-corrected chi connectivity index (χ4v) is 3.15. The van der Waals surface area contributed by atoms with Crippen LogP contribution in [0, 0.1) is 12.7 Å². The highest BCUT2D eigenvalue weighted by Crippen LogP contribution is 2.24. The highest BCUT2D eigenvalue weighted by Gasteiger charge is 2.26. The van der Waals surface area contributed by atoms with E-state index in [1.807, 2.05) is 0 Å². The molecule has 0 amide bonds. The van der Waals surface area contributed by atoms with E-state index in [-0.39, 0.29) is 22.1 Å². The van der Waals surface area contributed by atoms with Gasteiger partial charge >= 0.3 is 0 Å². The largest absolute Gasteiger partial charge is 0.392 e. The van der Waals surface area contributed by atoms with Crippen LogP contribution >= 0.6 is 0 Å². The van der Waals surface area contributed by atoms with Crippen molar-refractivity contribution < 1.29 is 17.9 Å². The van der Waals surface area contributed by atoms with Crippen molar-refractivity contribution >= 4 is 10.0 Å². The second-order valence-corrected chi connectivity index (χ2v) is 6.44. The lowest BCUT2D eigenvalue weighted by molar-refractivity contribution is 0.280. The third kappa shape index (κ3) is 2.71. The van der Waals surface area contributed by atoms with Crippen molar-refractivity contribution in [3.05, 3.63) is 29.1 Å². The Morgan fingerprint density at radius 2 is 1.94 bits per heavy atom. The minimum Gasteiger partial charge on any atom is -0.392 e. The van der Waals surface area contributed by atoms with Gasteiger partial charge in [-0.3, -0.25) is 0 Å². The zero-order chi connectivity index (χ0) is 14.1. The van der Waals surface area contributed by atoms with E-state index in [2.05, 4.69) is 0 Å². The molecule has 0 saturated carbocycles. The van der Waals surface area contributed by atoms with E-state index in [1.54, 1.807) is 13.8 Å². The maximum Gasteiger partial charge on any atom is 0.243 e. The molecule has 1 N–H and O–H groups in total.